The Labute approximate surface area is 183 Å². The van der Waals surface area contributed by atoms with Crippen LogP contribution in [0.3, 0.4) is 0 Å². The molecule has 1 aliphatic rings. The molecule has 1 aromatic heterocycles. The van der Waals surface area contributed by atoms with Crippen molar-refractivity contribution in [3.63, 3.8) is 0 Å². The minimum Gasteiger partial charge on any atom is -0.356 e. The van der Waals surface area contributed by atoms with Crippen molar-refractivity contribution in [2.24, 2.45) is 0 Å². The number of imidazole rings is 1. The number of aromatic nitrogens is 2. The van der Waals surface area contributed by atoms with Gasteiger partial charge in [0.25, 0.3) is 0 Å². The molecule has 0 saturated carbocycles. The highest BCUT2D eigenvalue weighted by molar-refractivity contribution is 5.95. The first-order valence-corrected chi connectivity index (χ1v) is 11.3. The largest absolute Gasteiger partial charge is 0.356 e. The van der Waals surface area contributed by atoms with Crippen molar-refractivity contribution in [3.05, 3.63) is 59.9 Å². The summed E-state index contributed by atoms with van der Waals surface area (Å²) in [4.78, 5) is 31.7. The molecule has 0 fully saturated rings. The smallest absolute Gasteiger partial charge is 0.246 e. The standard InChI is InChI=1S/C25H30N4O2/c1-2-9-24(30)26-16-7-15-23-27-20-12-4-6-14-22(20)29(23)18-25(31)28-17-8-11-19-10-3-5-13-21(19)28/h3-6,10,12-14H,2,7-9,11,15-18H2,1H3,(H,26,30). The second-order valence-corrected chi connectivity index (χ2v) is 8.08. The number of hydrogen-bond donors (Lipinski definition) is 1. The van der Waals surface area contributed by atoms with Gasteiger partial charge in [-0.05, 0) is 49.4 Å². The third-order valence-corrected chi connectivity index (χ3v) is 5.81. The molecule has 0 unspecified atom stereocenters. The monoisotopic (exact) mass is 418 g/mol. The van der Waals surface area contributed by atoms with Gasteiger partial charge in [0.2, 0.25) is 11.8 Å². The zero-order valence-corrected chi connectivity index (χ0v) is 18.1. The summed E-state index contributed by atoms with van der Waals surface area (Å²) in [5.41, 5.74) is 4.15. The molecule has 6 heteroatoms. The number of anilines is 1. The van der Waals surface area contributed by atoms with Crippen LogP contribution in [0.15, 0.2) is 48.5 Å². The summed E-state index contributed by atoms with van der Waals surface area (Å²) in [6, 6.07) is 16.1. The summed E-state index contributed by atoms with van der Waals surface area (Å²) < 4.78 is 2.04. The Balaban J connectivity index is 1.51. The number of nitrogens with one attached hydrogen (secondary N) is 1. The van der Waals surface area contributed by atoms with Gasteiger partial charge in [-0.15, -0.1) is 0 Å². The summed E-state index contributed by atoms with van der Waals surface area (Å²) in [7, 11) is 0. The fourth-order valence-corrected chi connectivity index (χ4v) is 4.30. The van der Waals surface area contributed by atoms with Gasteiger partial charge in [-0.25, -0.2) is 4.98 Å². The average Bonchev–Trinajstić information content (AvgIpc) is 3.13. The molecule has 1 N–H and O–H groups in total. The number of amides is 2. The molecule has 2 aromatic carbocycles. The molecule has 3 aromatic rings. The van der Waals surface area contributed by atoms with Crippen molar-refractivity contribution in [1.82, 2.24) is 14.9 Å². The lowest BCUT2D eigenvalue weighted by Gasteiger charge is -2.29. The molecule has 4 rings (SSSR count). The minimum atomic E-state index is 0.0906. The Morgan fingerprint density at radius 1 is 1.10 bits per heavy atom. The molecule has 0 aliphatic carbocycles. The summed E-state index contributed by atoms with van der Waals surface area (Å²) >= 11 is 0. The first-order valence-electron chi connectivity index (χ1n) is 11.3. The van der Waals surface area contributed by atoms with Crippen LogP contribution in [-0.2, 0) is 29.0 Å². The van der Waals surface area contributed by atoms with Crippen LogP contribution in [0.25, 0.3) is 11.0 Å². The van der Waals surface area contributed by atoms with E-state index in [1.54, 1.807) is 0 Å². The van der Waals surface area contributed by atoms with Gasteiger partial charge in [0.15, 0.2) is 0 Å². The van der Waals surface area contributed by atoms with Crippen LogP contribution in [-0.4, -0.2) is 34.5 Å². The topological polar surface area (TPSA) is 67.2 Å². The third kappa shape index (κ3) is 4.79. The summed E-state index contributed by atoms with van der Waals surface area (Å²) in [5.74, 6) is 1.08. The van der Waals surface area contributed by atoms with E-state index in [-0.39, 0.29) is 18.4 Å². The summed E-state index contributed by atoms with van der Waals surface area (Å²) in [6.45, 7) is 3.64. The van der Waals surface area contributed by atoms with E-state index < -0.39 is 0 Å². The molecule has 162 valence electrons. The van der Waals surface area contributed by atoms with Crippen molar-refractivity contribution < 1.29 is 9.59 Å². The normalized spacial score (nSPS) is 13.3. The van der Waals surface area contributed by atoms with Crippen molar-refractivity contribution in [1.29, 1.82) is 0 Å². The lowest BCUT2D eigenvalue weighted by Crippen LogP contribution is -2.38. The number of hydrogen-bond acceptors (Lipinski definition) is 3. The van der Waals surface area contributed by atoms with Crippen LogP contribution in [0.2, 0.25) is 0 Å². The number of fused-ring (bicyclic) bond motifs is 2. The van der Waals surface area contributed by atoms with E-state index in [2.05, 4.69) is 11.4 Å². The van der Waals surface area contributed by atoms with Crippen LogP contribution in [0.5, 0.6) is 0 Å². The molecule has 6 nitrogen and oxygen atoms in total. The Morgan fingerprint density at radius 3 is 2.77 bits per heavy atom. The number of carbonyl (C=O) groups is 2. The number of para-hydroxylation sites is 3. The average molecular weight is 419 g/mol. The predicted octanol–water partition coefficient (Wildman–Crippen LogP) is 3.86. The van der Waals surface area contributed by atoms with E-state index in [9.17, 15) is 9.59 Å². The SMILES string of the molecule is CCCC(=O)NCCCc1nc2ccccc2n1CC(=O)N1CCCc2ccccc21. The Bertz CT molecular complexity index is 1070. The van der Waals surface area contributed by atoms with Crippen LogP contribution in [0, 0.1) is 0 Å². The Kier molecular flexibility index (Phi) is 6.65. The molecule has 1 aliphatic heterocycles. The number of nitrogens with zero attached hydrogens (tertiary/aromatic N) is 3. The summed E-state index contributed by atoms with van der Waals surface area (Å²) in [6.07, 6.45) is 4.92. The molecule has 0 spiro atoms. The van der Waals surface area contributed by atoms with Gasteiger partial charge in [-0.3, -0.25) is 9.59 Å². The fourth-order valence-electron chi connectivity index (χ4n) is 4.30. The van der Waals surface area contributed by atoms with Gasteiger partial charge in [0.1, 0.15) is 12.4 Å². The van der Waals surface area contributed by atoms with E-state index in [1.807, 2.05) is 58.9 Å². The Morgan fingerprint density at radius 2 is 1.90 bits per heavy atom. The van der Waals surface area contributed by atoms with E-state index in [0.717, 1.165) is 54.8 Å². The summed E-state index contributed by atoms with van der Waals surface area (Å²) in [5, 5.41) is 2.96. The maximum atomic E-state index is 13.3. The molecule has 31 heavy (non-hydrogen) atoms. The van der Waals surface area contributed by atoms with Gasteiger partial charge in [-0.2, -0.15) is 0 Å². The van der Waals surface area contributed by atoms with Crippen molar-refractivity contribution in [3.8, 4) is 0 Å². The quantitative estimate of drug-likeness (QED) is 0.565. The van der Waals surface area contributed by atoms with Crippen molar-refractivity contribution in [2.75, 3.05) is 18.0 Å². The molecule has 0 bridgehead atoms. The van der Waals surface area contributed by atoms with Gasteiger partial charge in [0, 0.05) is 31.6 Å². The first kappa shape index (κ1) is 21.1. The predicted molar refractivity (Wildman–Crippen MR) is 123 cm³/mol. The maximum Gasteiger partial charge on any atom is 0.246 e. The highest BCUT2D eigenvalue weighted by Gasteiger charge is 2.23. The maximum absolute atomic E-state index is 13.3. The third-order valence-electron chi connectivity index (χ3n) is 5.81. The molecule has 0 atom stereocenters. The van der Waals surface area contributed by atoms with E-state index >= 15 is 0 Å². The Hall–Kier alpha value is -3.15. The lowest BCUT2D eigenvalue weighted by molar-refractivity contribution is -0.121. The van der Waals surface area contributed by atoms with Crippen LogP contribution in [0.4, 0.5) is 5.69 Å². The second-order valence-electron chi connectivity index (χ2n) is 8.08. The number of aryl methyl sites for hydroxylation is 2. The van der Waals surface area contributed by atoms with Crippen LogP contribution >= 0.6 is 0 Å². The van der Waals surface area contributed by atoms with E-state index in [1.165, 1.54) is 5.56 Å². The van der Waals surface area contributed by atoms with Gasteiger partial charge in [0.05, 0.1) is 11.0 Å². The van der Waals surface area contributed by atoms with Gasteiger partial charge < -0.3 is 14.8 Å². The van der Waals surface area contributed by atoms with Gasteiger partial charge >= 0.3 is 0 Å². The highest BCUT2D eigenvalue weighted by Crippen LogP contribution is 2.27. The van der Waals surface area contributed by atoms with Crippen LogP contribution < -0.4 is 10.2 Å². The molecule has 0 radical (unpaired) electrons. The van der Waals surface area contributed by atoms with E-state index in [4.69, 9.17) is 4.98 Å². The molecule has 0 saturated heterocycles. The van der Waals surface area contributed by atoms with Gasteiger partial charge in [-0.1, -0.05) is 37.3 Å². The first-order chi connectivity index (χ1) is 15.2. The highest BCUT2D eigenvalue weighted by atomic mass is 16.2. The second kappa shape index (κ2) is 9.77. The van der Waals surface area contributed by atoms with Crippen molar-refractivity contribution in [2.45, 2.75) is 52.0 Å². The minimum absolute atomic E-state index is 0.0906. The van der Waals surface area contributed by atoms with Crippen LogP contribution in [0.1, 0.15) is 44.0 Å². The number of carbonyl (C=O) groups excluding carboxylic acids is 2. The lowest BCUT2D eigenvalue weighted by atomic mass is 10.0. The fraction of sp³-hybridized carbons (Fsp3) is 0.400. The van der Waals surface area contributed by atoms with E-state index in [0.29, 0.717) is 19.4 Å². The zero-order valence-electron chi connectivity index (χ0n) is 18.1. The molecular formula is C25H30N4O2. The van der Waals surface area contributed by atoms with Crippen molar-refractivity contribution >= 4 is 28.5 Å². The molecule has 2 heterocycles. The molecular weight excluding hydrogens is 388 g/mol. The number of rotatable bonds is 8. The zero-order chi connectivity index (χ0) is 21.6. The number of benzene rings is 2. The molecule has 2 amide bonds.